The zero-order valence-corrected chi connectivity index (χ0v) is 13.1. The second-order valence-electron chi connectivity index (χ2n) is 5.26. The van der Waals surface area contributed by atoms with Crippen LogP contribution in [0.4, 0.5) is 5.69 Å². The molecule has 2 heterocycles. The van der Waals surface area contributed by atoms with E-state index in [2.05, 4.69) is 42.3 Å². The molecule has 1 aliphatic heterocycles. The molecule has 21 heavy (non-hydrogen) atoms. The quantitative estimate of drug-likeness (QED) is 0.931. The first-order valence-corrected chi connectivity index (χ1v) is 8.03. The Morgan fingerprint density at radius 2 is 2.19 bits per heavy atom. The number of rotatable bonds is 3. The largest absolute Gasteiger partial charge is 0.326 e. The van der Waals surface area contributed by atoms with E-state index in [1.807, 2.05) is 12.4 Å². The summed E-state index contributed by atoms with van der Waals surface area (Å²) in [4.78, 5) is 18.2. The van der Waals surface area contributed by atoms with E-state index in [0.717, 1.165) is 24.1 Å². The molecule has 0 unspecified atom stereocenters. The van der Waals surface area contributed by atoms with Gasteiger partial charge in [0.25, 0.3) is 0 Å². The molecule has 0 aliphatic carbocycles. The van der Waals surface area contributed by atoms with Crippen molar-refractivity contribution >= 4 is 23.4 Å². The maximum atomic E-state index is 11.5. The van der Waals surface area contributed by atoms with Crippen LogP contribution < -0.4 is 5.32 Å². The number of benzene rings is 1. The molecule has 1 N–H and O–H groups in total. The van der Waals surface area contributed by atoms with Gasteiger partial charge in [0.2, 0.25) is 5.91 Å². The number of pyridine rings is 1. The van der Waals surface area contributed by atoms with Crippen LogP contribution in [0.3, 0.4) is 0 Å². The molecule has 1 aliphatic rings. The highest BCUT2D eigenvalue weighted by molar-refractivity contribution is 7.99. The fraction of sp³-hybridized carbons (Fsp3) is 0.294. The van der Waals surface area contributed by atoms with Gasteiger partial charge in [-0.1, -0.05) is 18.7 Å². The molecule has 0 radical (unpaired) electrons. The Bertz CT molecular complexity index is 697. The fourth-order valence-corrected chi connectivity index (χ4v) is 3.76. The third-order valence-corrected chi connectivity index (χ3v) is 4.83. The standard InChI is InChI=1S/C17H18N2OS/c1-3-12-10-18-7-6-15(12)21-14-8-11(2)17-13(9-14)4-5-16(20)19-17/h6-10H,3-5H2,1-2H3,(H,19,20). The minimum absolute atomic E-state index is 0.119. The fourth-order valence-electron chi connectivity index (χ4n) is 2.62. The molecule has 4 heteroatoms. The number of fused-ring (bicyclic) bond motifs is 1. The highest BCUT2D eigenvalue weighted by atomic mass is 32.2. The lowest BCUT2D eigenvalue weighted by atomic mass is 10.00. The number of amides is 1. The van der Waals surface area contributed by atoms with Crippen LogP contribution in [-0.2, 0) is 17.6 Å². The van der Waals surface area contributed by atoms with Gasteiger partial charge in [0, 0.05) is 34.3 Å². The van der Waals surface area contributed by atoms with E-state index in [-0.39, 0.29) is 5.91 Å². The minimum atomic E-state index is 0.119. The van der Waals surface area contributed by atoms with Crippen LogP contribution in [0.15, 0.2) is 40.4 Å². The van der Waals surface area contributed by atoms with E-state index >= 15 is 0 Å². The second-order valence-corrected chi connectivity index (χ2v) is 6.38. The van der Waals surface area contributed by atoms with Gasteiger partial charge in [-0.05, 0) is 54.7 Å². The number of nitrogens with one attached hydrogen (secondary N) is 1. The summed E-state index contributed by atoms with van der Waals surface area (Å²) < 4.78 is 0. The molecule has 0 saturated carbocycles. The van der Waals surface area contributed by atoms with Crippen molar-refractivity contribution in [3.63, 3.8) is 0 Å². The summed E-state index contributed by atoms with van der Waals surface area (Å²) in [5.41, 5.74) is 4.64. The summed E-state index contributed by atoms with van der Waals surface area (Å²) in [5, 5.41) is 2.98. The Kier molecular flexibility index (Phi) is 3.97. The highest BCUT2D eigenvalue weighted by Gasteiger charge is 2.17. The van der Waals surface area contributed by atoms with Crippen molar-refractivity contribution in [2.45, 2.75) is 42.9 Å². The molecule has 3 nitrogen and oxygen atoms in total. The number of nitrogens with zero attached hydrogens (tertiary/aromatic N) is 1. The molecule has 0 fully saturated rings. The Hall–Kier alpha value is -1.81. The lowest BCUT2D eigenvalue weighted by Gasteiger charge is -2.20. The Morgan fingerprint density at radius 1 is 1.33 bits per heavy atom. The average molecular weight is 298 g/mol. The van der Waals surface area contributed by atoms with Gasteiger partial charge in [-0.3, -0.25) is 9.78 Å². The molecule has 2 aromatic rings. The summed E-state index contributed by atoms with van der Waals surface area (Å²) in [5.74, 6) is 0.119. The van der Waals surface area contributed by atoms with Gasteiger partial charge >= 0.3 is 0 Å². The van der Waals surface area contributed by atoms with Gasteiger partial charge in [0.05, 0.1) is 0 Å². The van der Waals surface area contributed by atoms with Crippen LogP contribution in [0.5, 0.6) is 0 Å². The van der Waals surface area contributed by atoms with Crippen molar-refractivity contribution in [3.8, 4) is 0 Å². The average Bonchev–Trinajstić information content (AvgIpc) is 2.49. The second kappa shape index (κ2) is 5.90. The predicted octanol–water partition coefficient (Wildman–Crippen LogP) is 3.99. The first-order chi connectivity index (χ1) is 10.2. The van der Waals surface area contributed by atoms with Gasteiger partial charge in [-0.2, -0.15) is 0 Å². The summed E-state index contributed by atoms with van der Waals surface area (Å²) in [6, 6.07) is 6.42. The van der Waals surface area contributed by atoms with Gasteiger partial charge in [0.15, 0.2) is 0 Å². The van der Waals surface area contributed by atoms with Crippen LogP contribution in [0.25, 0.3) is 0 Å². The molecule has 0 spiro atoms. The van der Waals surface area contributed by atoms with Crippen LogP contribution in [0, 0.1) is 6.92 Å². The number of carbonyl (C=O) groups is 1. The van der Waals surface area contributed by atoms with Crippen molar-refractivity contribution in [2.24, 2.45) is 0 Å². The monoisotopic (exact) mass is 298 g/mol. The van der Waals surface area contributed by atoms with Gasteiger partial charge in [-0.15, -0.1) is 0 Å². The van der Waals surface area contributed by atoms with Crippen LogP contribution in [0.2, 0.25) is 0 Å². The Morgan fingerprint density at radius 3 is 3.00 bits per heavy atom. The Labute approximate surface area is 129 Å². The van der Waals surface area contributed by atoms with Crippen LogP contribution >= 0.6 is 11.8 Å². The predicted molar refractivity (Wildman–Crippen MR) is 85.9 cm³/mol. The van der Waals surface area contributed by atoms with Gasteiger partial charge in [-0.25, -0.2) is 0 Å². The van der Waals surface area contributed by atoms with Crippen molar-refractivity contribution in [1.82, 2.24) is 4.98 Å². The molecule has 108 valence electrons. The van der Waals surface area contributed by atoms with E-state index in [1.54, 1.807) is 11.8 Å². The number of aromatic nitrogens is 1. The zero-order chi connectivity index (χ0) is 14.8. The van der Waals surface area contributed by atoms with Crippen molar-refractivity contribution in [1.29, 1.82) is 0 Å². The van der Waals surface area contributed by atoms with Crippen molar-refractivity contribution < 1.29 is 4.79 Å². The highest BCUT2D eigenvalue weighted by Crippen LogP contribution is 2.36. The minimum Gasteiger partial charge on any atom is -0.326 e. The van der Waals surface area contributed by atoms with E-state index in [4.69, 9.17) is 0 Å². The van der Waals surface area contributed by atoms with E-state index < -0.39 is 0 Å². The van der Waals surface area contributed by atoms with E-state index in [9.17, 15) is 4.79 Å². The number of aryl methyl sites for hydroxylation is 3. The molecule has 0 bridgehead atoms. The smallest absolute Gasteiger partial charge is 0.224 e. The van der Waals surface area contributed by atoms with Gasteiger partial charge in [0.1, 0.15) is 0 Å². The number of anilines is 1. The van der Waals surface area contributed by atoms with E-state index in [1.165, 1.54) is 20.9 Å². The first kappa shape index (κ1) is 14.1. The van der Waals surface area contributed by atoms with Gasteiger partial charge < -0.3 is 5.32 Å². The molecular formula is C17H18N2OS. The maximum Gasteiger partial charge on any atom is 0.224 e. The third kappa shape index (κ3) is 2.95. The number of hydrogen-bond donors (Lipinski definition) is 1. The van der Waals surface area contributed by atoms with Crippen molar-refractivity contribution in [3.05, 3.63) is 47.3 Å². The lowest BCUT2D eigenvalue weighted by molar-refractivity contribution is -0.116. The maximum absolute atomic E-state index is 11.5. The molecular weight excluding hydrogens is 280 g/mol. The molecule has 3 rings (SSSR count). The van der Waals surface area contributed by atoms with Crippen molar-refractivity contribution in [2.75, 3.05) is 5.32 Å². The SMILES string of the molecule is CCc1cnccc1Sc1cc(C)c2c(c1)CCC(=O)N2. The number of carbonyl (C=O) groups excluding carboxylic acids is 1. The van der Waals surface area contributed by atoms with Crippen LogP contribution in [0.1, 0.15) is 30.0 Å². The summed E-state index contributed by atoms with van der Waals surface area (Å²) in [7, 11) is 0. The normalized spacial score (nSPS) is 13.7. The molecule has 0 atom stereocenters. The molecule has 0 saturated heterocycles. The summed E-state index contributed by atoms with van der Waals surface area (Å²) >= 11 is 1.77. The topological polar surface area (TPSA) is 42.0 Å². The van der Waals surface area contributed by atoms with Crippen LogP contribution in [-0.4, -0.2) is 10.9 Å². The molecule has 1 amide bonds. The third-order valence-electron chi connectivity index (χ3n) is 3.74. The summed E-state index contributed by atoms with van der Waals surface area (Å²) in [6.07, 6.45) is 6.17. The van der Waals surface area contributed by atoms with E-state index in [0.29, 0.717) is 6.42 Å². The zero-order valence-electron chi connectivity index (χ0n) is 12.3. The molecule has 1 aromatic heterocycles. The lowest BCUT2D eigenvalue weighted by Crippen LogP contribution is -2.19. The molecule has 1 aromatic carbocycles. The summed E-state index contributed by atoms with van der Waals surface area (Å²) in [6.45, 7) is 4.20. The Balaban J connectivity index is 1.93. The number of hydrogen-bond acceptors (Lipinski definition) is 3. The first-order valence-electron chi connectivity index (χ1n) is 7.21.